The van der Waals surface area contributed by atoms with Crippen molar-refractivity contribution in [2.75, 3.05) is 110 Å². The molecular formula is C79H105F2N9O19. The number of aliphatic hydroxyl groups excluding tert-OH is 1. The number of nitrogens with one attached hydrogen (secondary N) is 5. The number of rotatable bonds is 38. The van der Waals surface area contributed by atoms with Crippen molar-refractivity contribution in [3.8, 4) is 0 Å². The SMILES string of the molecule is CCCC1O[C@@H]2C[C@H]3[C@@H]4C[C@H](F)C5=CC(=O)C=C[C@]5(C)[C@@]4(F)[C@@H](O)C[C@]3(C)[C@]2(C(=O)COC(=O)N(C)CCN(C)C(=O)OCc2ccc(NC(=O)[C@H](CCCNC(N)=O)NC(=O)[C@@H](NC(=O)CCOCCOCCOCCOCCNC(=O)CCC(=O)N3Cc4ccccc4/C=C\c4ccccc43)C(C)C)cc2)O1. The molecule has 8 N–H and O–H groups in total. The van der Waals surface area contributed by atoms with Gasteiger partial charge in [-0.3, -0.25) is 33.6 Å². The second-order valence-electron chi connectivity index (χ2n) is 29.3. The van der Waals surface area contributed by atoms with E-state index in [4.69, 9.17) is 43.6 Å². The largest absolute Gasteiger partial charge is 0.445 e. The fourth-order valence-electron chi connectivity index (χ4n) is 15.7. The summed E-state index contributed by atoms with van der Waals surface area (Å²) < 4.78 is 80.5. The number of para-hydroxylation sites is 1. The van der Waals surface area contributed by atoms with Gasteiger partial charge in [0.1, 0.15) is 24.9 Å². The summed E-state index contributed by atoms with van der Waals surface area (Å²) in [5.74, 6) is -5.41. The van der Waals surface area contributed by atoms with Gasteiger partial charge in [0.05, 0.1) is 77.3 Å². The fourth-order valence-corrected chi connectivity index (χ4v) is 15.7. The molecule has 0 bridgehead atoms. The zero-order valence-corrected chi connectivity index (χ0v) is 63.2. The van der Waals surface area contributed by atoms with Crippen LogP contribution in [0.4, 0.5) is 34.5 Å². The number of amides is 9. The highest BCUT2D eigenvalue weighted by Crippen LogP contribution is 2.72. The van der Waals surface area contributed by atoms with E-state index < -0.39 is 131 Å². The molecule has 109 heavy (non-hydrogen) atoms. The Morgan fingerprint density at radius 3 is 2.06 bits per heavy atom. The van der Waals surface area contributed by atoms with Gasteiger partial charge >= 0.3 is 18.2 Å². The van der Waals surface area contributed by atoms with Crippen LogP contribution in [0.5, 0.6) is 0 Å². The van der Waals surface area contributed by atoms with Gasteiger partial charge in [-0.1, -0.05) is 107 Å². The molecule has 9 amide bonds. The molecule has 0 spiro atoms. The molecule has 4 aliphatic carbocycles. The number of alkyl halides is 2. The highest BCUT2D eigenvalue weighted by atomic mass is 19.1. The average Bonchev–Trinajstić information content (AvgIpc) is 1.56. The summed E-state index contributed by atoms with van der Waals surface area (Å²) in [5.41, 5.74) is 2.76. The van der Waals surface area contributed by atoms with Crippen molar-refractivity contribution in [2.24, 2.45) is 34.3 Å². The number of fused-ring (bicyclic) bond motifs is 9. The lowest BCUT2D eigenvalue weighted by atomic mass is 9.44. The lowest BCUT2D eigenvalue weighted by molar-refractivity contribution is -0.234. The van der Waals surface area contributed by atoms with Crippen molar-refractivity contribution >= 4 is 82.8 Å². The molecule has 6 aliphatic rings. The van der Waals surface area contributed by atoms with Crippen molar-refractivity contribution in [1.29, 1.82) is 0 Å². The van der Waals surface area contributed by atoms with Gasteiger partial charge in [0.25, 0.3) is 0 Å². The summed E-state index contributed by atoms with van der Waals surface area (Å²) in [4.78, 5) is 136. The second-order valence-corrected chi connectivity index (χ2v) is 29.3. The third-order valence-corrected chi connectivity index (χ3v) is 21.6. The third kappa shape index (κ3) is 20.3. The Hall–Kier alpha value is -9.04. The molecule has 1 unspecified atom stereocenters. The van der Waals surface area contributed by atoms with Crippen LogP contribution in [0.3, 0.4) is 0 Å². The van der Waals surface area contributed by atoms with Crippen molar-refractivity contribution in [3.63, 3.8) is 0 Å². The minimum absolute atomic E-state index is 0.0237. The highest BCUT2D eigenvalue weighted by molar-refractivity contribution is 6.02. The predicted octanol–water partition coefficient (Wildman–Crippen LogP) is 7.18. The Kier molecular flexibility index (Phi) is 29.7. The summed E-state index contributed by atoms with van der Waals surface area (Å²) in [6.45, 7) is 10.2. The Morgan fingerprint density at radius 2 is 1.38 bits per heavy atom. The van der Waals surface area contributed by atoms with Crippen LogP contribution in [-0.4, -0.2) is 222 Å². The number of ether oxygens (including phenoxy) is 8. The molecule has 2 heterocycles. The van der Waals surface area contributed by atoms with Crippen LogP contribution in [0.15, 0.2) is 96.6 Å². The van der Waals surface area contributed by atoms with Gasteiger partial charge in [0.15, 0.2) is 29.9 Å². The number of carbonyl (C=O) groups excluding carboxylic acids is 10. The maximum atomic E-state index is 18.0. The molecule has 0 aromatic heterocycles. The van der Waals surface area contributed by atoms with Crippen molar-refractivity contribution in [2.45, 2.75) is 160 Å². The van der Waals surface area contributed by atoms with E-state index in [9.17, 15) is 53.1 Å². The molecule has 3 aromatic carbocycles. The number of likely N-dealkylation sites (N-methyl/N-ethyl adjacent to an activating group) is 2. The number of nitrogens with two attached hydrogens (primary N) is 1. The first-order valence-corrected chi connectivity index (χ1v) is 37.5. The predicted molar refractivity (Wildman–Crippen MR) is 397 cm³/mol. The fraction of sp³-hybridized carbons (Fsp3) is 0.570. The number of carbonyl (C=O) groups is 10. The number of halogens is 2. The molecule has 594 valence electrons. The van der Waals surface area contributed by atoms with E-state index in [1.54, 1.807) is 49.9 Å². The van der Waals surface area contributed by atoms with Crippen LogP contribution in [0.2, 0.25) is 0 Å². The van der Waals surface area contributed by atoms with E-state index >= 15 is 8.78 Å². The Bertz CT molecular complexity index is 3830. The van der Waals surface area contributed by atoms with Crippen LogP contribution < -0.4 is 37.2 Å². The summed E-state index contributed by atoms with van der Waals surface area (Å²) in [6.07, 6.45) is 1.82. The smallest absolute Gasteiger partial charge is 0.409 e. The Morgan fingerprint density at radius 1 is 0.734 bits per heavy atom. The molecule has 9 rings (SSSR count). The van der Waals surface area contributed by atoms with E-state index in [-0.39, 0.29) is 135 Å². The average molecular weight is 1520 g/mol. The zero-order chi connectivity index (χ0) is 78.6. The van der Waals surface area contributed by atoms with Crippen LogP contribution in [-0.2, 0) is 84.6 Å². The van der Waals surface area contributed by atoms with E-state index in [2.05, 4.69) is 26.6 Å². The molecule has 3 saturated carbocycles. The van der Waals surface area contributed by atoms with Gasteiger partial charge in [-0.2, -0.15) is 0 Å². The molecule has 30 heteroatoms. The van der Waals surface area contributed by atoms with Gasteiger partial charge in [-0.25, -0.2) is 23.2 Å². The van der Waals surface area contributed by atoms with E-state index in [1.165, 1.54) is 38.1 Å². The first-order chi connectivity index (χ1) is 52.1. The first kappa shape index (κ1) is 84.0. The van der Waals surface area contributed by atoms with Crippen molar-refractivity contribution in [3.05, 3.63) is 119 Å². The highest BCUT2D eigenvalue weighted by Gasteiger charge is 2.80. The van der Waals surface area contributed by atoms with E-state index in [0.717, 1.165) is 33.4 Å². The van der Waals surface area contributed by atoms with Crippen LogP contribution in [0.1, 0.15) is 121 Å². The molecule has 4 fully saturated rings. The monoisotopic (exact) mass is 1520 g/mol. The van der Waals surface area contributed by atoms with Crippen LogP contribution >= 0.6 is 0 Å². The summed E-state index contributed by atoms with van der Waals surface area (Å²) in [6, 6.07) is 19.0. The first-order valence-electron chi connectivity index (χ1n) is 37.5. The number of urea groups is 1. The summed E-state index contributed by atoms with van der Waals surface area (Å²) in [5, 5.41) is 25.5. The van der Waals surface area contributed by atoms with Crippen LogP contribution in [0.25, 0.3) is 12.2 Å². The lowest BCUT2D eigenvalue weighted by Gasteiger charge is -2.63. The number of allylic oxidation sites excluding steroid dienone is 4. The topological polar surface area (TPSA) is 361 Å². The zero-order valence-electron chi connectivity index (χ0n) is 63.2. The Labute approximate surface area is 634 Å². The lowest BCUT2D eigenvalue weighted by Crippen LogP contribution is -2.71. The van der Waals surface area contributed by atoms with Gasteiger partial charge in [-0.15, -0.1) is 0 Å². The van der Waals surface area contributed by atoms with E-state index in [0.29, 0.717) is 50.5 Å². The number of nitrogens with zero attached hydrogens (tertiary/aromatic N) is 3. The summed E-state index contributed by atoms with van der Waals surface area (Å²) >= 11 is 0. The van der Waals surface area contributed by atoms with Crippen molar-refractivity contribution in [1.82, 2.24) is 31.1 Å². The molecule has 2 aliphatic heterocycles. The molecule has 3 aromatic rings. The molecule has 12 atom stereocenters. The summed E-state index contributed by atoms with van der Waals surface area (Å²) in [7, 11) is 2.87. The molecule has 0 radical (unpaired) electrons. The Balaban J connectivity index is 0.632. The van der Waals surface area contributed by atoms with Gasteiger partial charge in [-0.05, 0) is 115 Å². The molecular weight excluding hydrogens is 1420 g/mol. The maximum Gasteiger partial charge on any atom is 0.409 e. The normalized spacial score (nSPS) is 25.0. The number of primary amides is 1. The number of ketones is 2. The number of Topliss-reactive ketones (excluding diaryl/α,β-unsaturated/α-hetero) is 1. The van der Waals surface area contributed by atoms with Gasteiger partial charge < -0.3 is 90.0 Å². The number of hydrogen-bond acceptors (Lipinski definition) is 19. The number of aliphatic hydroxyl groups is 1. The molecule has 28 nitrogen and oxygen atoms in total. The minimum atomic E-state index is -2.40. The number of hydrogen-bond donors (Lipinski definition) is 7. The van der Waals surface area contributed by atoms with Crippen molar-refractivity contribution < 1.29 is 99.7 Å². The number of anilines is 2. The van der Waals surface area contributed by atoms with E-state index in [1.807, 2.05) is 67.6 Å². The number of benzene rings is 3. The minimum Gasteiger partial charge on any atom is -0.445 e. The second kappa shape index (κ2) is 38.5. The van der Waals surface area contributed by atoms with Crippen LogP contribution in [0, 0.1) is 28.6 Å². The third-order valence-electron chi connectivity index (χ3n) is 21.6. The van der Waals surface area contributed by atoms with Gasteiger partial charge in [0, 0.05) is 82.0 Å². The standard InChI is InChI=1S/C79H105F2N9O19/c1-8-14-69-108-65-45-57-58-44-60(80)59-43-56(91)28-30-76(59,4)78(58,81)63(92)46-77(57,5)79(65,109-69)64(93)49-107-75(101)89(7)34-33-88(6)74(100)106-48-51-20-24-55(25-21-51)85-71(97)61(18-13-31-84-73(82)99)86-72(98)70(50(2)3)87-67(95)29-35-102-37-39-104-41-42-105-40-38-103-36-32-83-66(94)26-27-68(96)90-47-54-17-10-9-15-52(54)22-23-53-16-11-12-19-62(53)90/h9-12,15-17,19-25,28,30,43,50,57-58,60-61,63,65,69-70,92H,8,13-14,18,26-27,29,31-42,44-49H2,1-7H3,(H,83,94)(H,85,97)(H,86,98)(H,87,95)(H3,82,84,99)/b23-22-/t57-,58-,60-,61-,63-,65+,69?,70-,76-,77-,78-,79+/m0/s1. The van der Waals surface area contributed by atoms with Gasteiger partial charge in [0.2, 0.25) is 35.3 Å². The molecule has 1 saturated heterocycles. The quantitative estimate of drug-likeness (QED) is 0.0279. The maximum absolute atomic E-state index is 18.0.